The average molecular weight is 262 g/mol. The third kappa shape index (κ3) is 3.12. The van der Waals surface area contributed by atoms with Crippen LogP contribution in [0.2, 0.25) is 5.02 Å². The second-order valence-corrected chi connectivity index (χ2v) is 4.74. The lowest BCUT2D eigenvalue weighted by atomic mass is 10.1. The third-order valence-corrected chi connectivity index (χ3v) is 3.26. The van der Waals surface area contributed by atoms with E-state index in [9.17, 15) is 9.18 Å². The molecule has 0 aliphatic heterocycles. The van der Waals surface area contributed by atoms with Crippen molar-refractivity contribution in [1.29, 1.82) is 0 Å². The van der Waals surface area contributed by atoms with Crippen LogP contribution in [0.4, 0.5) is 10.1 Å². The number of carbonyl (C=O) groups excluding carboxylic acids is 1. The second-order valence-electron chi connectivity index (χ2n) is 3.77. The highest BCUT2D eigenvalue weighted by molar-refractivity contribution is 7.81. The number of anilines is 1. The van der Waals surface area contributed by atoms with Gasteiger partial charge in [0.2, 0.25) is 5.91 Å². The summed E-state index contributed by atoms with van der Waals surface area (Å²) in [5, 5.41) is 2.13. The summed E-state index contributed by atoms with van der Waals surface area (Å²) in [5.41, 5.74) is 0.00821. The molecule has 1 atom stereocenters. The molecular formula is C11H13ClFNOS. The molecule has 16 heavy (non-hydrogen) atoms. The van der Waals surface area contributed by atoms with E-state index < -0.39 is 11.1 Å². The topological polar surface area (TPSA) is 29.1 Å². The minimum atomic E-state index is -0.551. The maximum Gasteiger partial charge on any atom is 0.237 e. The van der Waals surface area contributed by atoms with Crippen LogP contribution in [0.1, 0.15) is 13.8 Å². The van der Waals surface area contributed by atoms with Gasteiger partial charge in [0, 0.05) is 0 Å². The van der Waals surface area contributed by atoms with E-state index >= 15 is 0 Å². The number of para-hydroxylation sites is 1. The molecule has 5 heteroatoms. The third-order valence-electron chi connectivity index (χ3n) is 2.11. The molecule has 0 aromatic heterocycles. The zero-order chi connectivity index (χ0) is 12.3. The van der Waals surface area contributed by atoms with Gasteiger partial charge in [0.1, 0.15) is 5.82 Å². The van der Waals surface area contributed by atoms with Gasteiger partial charge >= 0.3 is 0 Å². The number of rotatable bonds is 3. The van der Waals surface area contributed by atoms with E-state index in [0.717, 1.165) is 0 Å². The monoisotopic (exact) mass is 261 g/mol. The van der Waals surface area contributed by atoms with Crippen LogP contribution in [0.25, 0.3) is 0 Å². The molecule has 0 fully saturated rings. The summed E-state index contributed by atoms with van der Waals surface area (Å²) in [6.07, 6.45) is 0. The number of nitrogens with one attached hydrogen (secondary N) is 1. The van der Waals surface area contributed by atoms with Crippen LogP contribution in [-0.2, 0) is 4.79 Å². The Morgan fingerprint density at radius 2 is 2.12 bits per heavy atom. The van der Waals surface area contributed by atoms with E-state index in [1.165, 1.54) is 18.2 Å². The average Bonchev–Trinajstić information content (AvgIpc) is 2.22. The molecular weight excluding hydrogens is 249 g/mol. The molecule has 1 aromatic rings. The minimum Gasteiger partial charge on any atom is -0.321 e. The fraction of sp³-hybridized carbons (Fsp3) is 0.364. The highest BCUT2D eigenvalue weighted by Gasteiger charge is 2.19. The molecule has 0 spiro atoms. The van der Waals surface area contributed by atoms with Crippen LogP contribution in [-0.4, -0.2) is 11.2 Å². The lowest BCUT2D eigenvalue weighted by molar-refractivity contribution is -0.116. The predicted octanol–water partition coefficient (Wildman–Crippen LogP) is 3.37. The SMILES string of the molecule is CC(C)C(S)C(=O)Nc1c(F)cccc1Cl. The number of carbonyl (C=O) groups is 1. The van der Waals surface area contributed by atoms with E-state index in [2.05, 4.69) is 17.9 Å². The molecule has 1 N–H and O–H groups in total. The van der Waals surface area contributed by atoms with Crippen LogP contribution < -0.4 is 5.32 Å². The van der Waals surface area contributed by atoms with Crippen LogP contribution in [0.5, 0.6) is 0 Å². The summed E-state index contributed by atoms with van der Waals surface area (Å²) < 4.78 is 13.4. The Labute approximate surface area is 105 Å². The van der Waals surface area contributed by atoms with Crippen molar-refractivity contribution in [3.63, 3.8) is 0 Å². The number of amides is 1. The molecule has 0 aliphatic carbocycles. The van der Waals surface area contributed by atoms with Gasteiger partial charge in [-0.1, -0.05) is 31.5 Å². The molecule has 0 saturated heterocycles. The fourth-order valence-corrected chi connectivity index (χ4v) is 1.39. The van der Waals surface area contributed by atoms with Crippen LogP contribution in [0.3, 0.4) is 0 Å². The number of benzene rings is 1. The zero-order valence-corrected chi connectivity index (χ0v) is 10.6. The molecule has 1 unspecified atom stereocenters. The lowest BCUT2D eigenvalue weighted by Gasteiger charge is -2.15. The Balaban J connectivity index is 2.85. The molecule has 1 rings (SSSR count). The van der Waals surface area contributed by atoms with E-state index in [1.54, 1.807) is 0 Å². The standard InChI is InChI=1S/C11H13ClFNOS/c1-6(2)10(16)11(15)14-9-7(12)4-3-5-8(9)13/h3-6,10,16H,1-2H3,(H,14,15). The maximum atomic E-state index is 13.4. The van der Waals surface area contributed by atoms with Crippen molar-refractivity contribution in [3.8, 4) is 0 Å². The summed E-state index contributed by atoms with van der Waals surface area (Å²) in [5.74, 6) is -0.843. The molecule has 0 heterocycles. The van der Waals surface area contributed by atoms with Gasteiger partial charge in [-0.3, -0.25) is 4.79 Å². The summed E-state index contributed by atoms with van der Waals surface area (Å²) >= 11 is 9.92. The highest BCUT2D eigenvalue weighted by Crippen LogP contribution is 2.25. The largest absolute Gasteiger partial charge is 0.321 e. The predicted molar refractivity (Wildman–Crippen MR) is 67.7 cm³/mol. The van der Waals surface area contributed by atoms with Gasteiger partial charge < -0.3 is 5.32 Å². The molecule has 88 valence electrons. The molecule has 0 aliphatic rings. The molecule has 2 nitrogen and oxygen atoms in total. The van der Waals surface area contributed by atoms with E-state index in [0.29, 0.717) is 0 Å². The van der Waals surface area contributed by atoms with Crippen molar-refractivity contribution < 1.29 is 9.18 Å². The normalized spacial score (nSPS) is 12.6. The molecule has 0 bridgehead atoms. The van der Waals surface area contributed by atoms with Crippen LogP contribution in [0.15, 0.2) is 18.2 Å². The molecule has 0 saturated carbocycles. The first-order valence-corrected chi connectivity index (χ1v) is 5.76. The van der Waals surface area contributed by atoms with Gasteiger partial charge in [-0.2, -0.15) is 12.6 Å². The molecule has 1 aromatic carbocycles. The number of halogens is 2. The van der Waals surface area contributed by atoms with E-state index in [4.69, 9.17) is 11.6 Å². The van der Waals surface area contributed by atoms with Crippen molar-refractivity contribution in [2.45, 2.75) is 19.1 Å². The smallest absolute Gasteiger partial charge is 0.237 e. The van der Waals surface area contributed by atoms with Crippen molar-refractivity contribution in [2.75, 3.05) is 5.32 Å². The summed E-state index contributed by atoms with van der Waals surface area (Å²) in [7, 11) is 0. The van der Waals surface area contributed by atoms with Crippen molar-refractivity contribution in [1.82, 2.24) is 0 Å². The summed E-state index contributed by atoms with van der Waals surface area (Å²) in [6, 6.07) is 4.24. The van der Waals surface area contributed by atoms with Gasteiger partial charge in [-0.25, -0.2) is 4.39 Å². The van der Waals surface area contributed by atoms with Gasteiger partial charge in [-0.05, 0) is 18.1 Å². The Bertz CT molecular complexity index is 377. The summed E-state index contributed by atoms with van der Waals surface area (Å²) in [6.45, 7) is 3.72. The Morgan fingerprint density at radius 1 is 1.50 bits per heavy atom. The van der Waals surface area contributed by atoms with Gasteiger partial charge in [0.25, 0.3) is 0 Å². The summed E-state index contributed by atoms with van der Waals surface area (Å²) in [4.78, 5) is 11.6. The van der Waals surface area contributed by atoms with Gasteiger partial charge in [0.05, 0.1) is 16.0 Å². The number of hydrogen-bond donors (Lipinski definition) is 2. The Morgan fingerprint density at radius 3 is 2.62 bits per heavy atom. The Hall–Kier alpha value is -0.740. The fourth-order valence-electron chi connectivity index (χ4n) is 1.12. The maximum absolute atomic E-state index is 13.4. The second kappa shape index (κ2) is 5.55. The minimum absolute atomic E-state index is 0.00821. The van der Waals surface area contributed by atoms with Crippen molar-refractivity contribution >= 4 is 35.8 Å². The molecule has 0 radical (unpaired) electrons. The first kappa shape index (κ1) is 13.3. The van der Waals surface area contributed by atoms with Gasteiger partial charge in [-0.15, -0.1) is 0 Å². The van der Waals surface area contributed by atoms with Crippen LogP contribution in [0, 0.1) is 11.7 Å². The quantitative estimate of drug-likeness (QED) is 0.803. The molecule has 1 amide bonds. The van der Waals surface area contributed by atoms with E-state index in [1.807, 2.05) is 13.8 Å². The Kier molecular flexibility index (Phi) is 4.62. The zero-order valence-electron chi connectivity index (χ0n) is 9.00. The number of hydrogen-bond acceptors (Lipinski definition) is 2. The van der Waals surface area contributed by atoms with Crippen molar-refractivity contribution in [3.05, 3.63) is 29.0 Å². The van der Waals surface area contributed by atoms with Crippen molar-refractivity contribution in [2.24, 2.45) is 5.92 Å². The van der Waals surface area contributed by atoms with E-state index in [-0.39, 0.29) is 22.5 Å². The highest BCUT2D eigenvalue weighted by atomic mass is 35.5. The first-order chi connectivity index (χ1) is 7.43. The number of thiol groups is 1. The lowest BCUT2D eigenvalue weighted by Crippen LogP contribution is -2.28. The van der Waals surface area contributed by atoms with Gasteiger partial charge in [0.15, 0.2) is 0 Å². The first-order valence-electron chi connectivity index (χ1n) is 4.86. The van der Waals surface area contributed by atoms with Crippen LogP contribution >= 0.6 is 24.2 Å².